The van der Waals surface area contributed by atoms with Crippen molar-refractivity contribution in [3.63, 3.8) is 0 Å². The van der Waals surface area contributed by atoms with Crippen LogP contribution in [0.5, 0.6) is 0 Å². The molecule has 0 spiro atoms. The Labute approximate surface area is 174 Å². The Hall–Kier alpha value is -2.31. The van der Waals surface area contributed by atoms with Gasteiger partial charge in [-0.2, -0.15) is 0 Å². The number of hydrogen-bond acceptors (Lipinski definition) is 6. The summed E-state index contributed by atoms with van der Waals surface area (Å²) in [4.78, 5) is 33.3. The van der Waals surface area contributed by atoms with E-state index in [0.717, 1.165) is 6.42 Å². The summed E-state index contributed by atoms with van der Waals surface area (Å²) in [7, 11) is 1.90. The van der Waals surface area contributed by atoms with E-state index in [1.54, 1.807) is 23.2 Å². The SMILES string of the molecule is CC(C)C(C)(C)OC(=O)c1cccnc1N(C)C1CCN(C(=O)OC(C)(C)C)C1. The fourth-order valence-electron chi connectivity index (χ4n) is 2.97. The molecule has 1 aromatic heterocycles. The van der Waals surface area contributed by atoms with E-state index >= 15 is 0 Å². The lowest BCUT2D eigenvalue weighted by Gasteiger charge is -2.31. The predicted octanol–water partition coefficient (Wildman–Crippen LogP) is 4.12. The zero-order valence-corrected chi connectivity index (χ0v) is 19.0. The molecule has 0 aliphatic carbocycles. The van der Waals surface area contributed by atoms with Crippen LogP contribution in [0, 0.1) is 5.92 Å². The largest absolute Gasteiger partial charge is 0.456 e. The summed E-state index contributed by atoms with van der Waals surface area (Å²) in [6.45, 7) is 14.6. The summed E-state index contributed by atoms with van der Waals surface area (Å²) < 4.78 is 11.2. The van der Waals surface area contributed by atoms with Crippen LogP contribution in [0.1, 0.15) is 65.2 Å². The van der Waals surface area contributed by atoms with Gasteiger partial charge in [0.15, 0.2) is 0 Å². The van der Waals surface area contributed by atoms with Crippen LogP contribution >= 0.6 is 0 Å². The summed E-state index contributed by atoms with van der Waals surface area (Å²) in [5.74, 6) is 0.357. The number of pyridine rings is 1. The van der Waals surface area contributed by atoms with Gasteiger partial charge in [-0.15, -0.1) is 0 Å². The van der Waals surface area contributed by atoms with Crippen molar-refractivity contribution in [3.8, 4) is 0 Å². The Balaban J connectivity index is 2.14. The molecule has 1 amide bonds. The standard InChI is InChI=1S/C22H35N3O4/c1-15(2)22(6,7)28-19(26)17-10-9-12-23-18(17)24(8)16-11-13-25(14-16)20(27)29-21(3,4)5/h9-10,12,15-16H,11,13-14H2,1-8H3. The van der Waals surface area contributed by atoms with E-state index in [4.69, 9.17) is 9.47 Å². The first-order valence-corrected chi connectivity index (χ1v) is 10.2. The third kappa shape index (κ3) is 5.84. The molecule has 0 radical (unpaired) electrons. The molecule has 2 heterocycles. The van der Waals surface area contributed by atoms with Crippen molar-refractivity contribution in [1.29, 1.82) is 0 Å². The lowest BCUT2D eigenvalue weighted by Crippen LogP contribution is -2.40. The molecular weight excluding hydrogens is 370 g/mol. The minimum atomic E-state index is -0.580. The second-order valence-corrected chi connectivity index (χ2v) is 9.50. The van der Waals surface area contributed by atoms with Crippen LogP contribution in [0.25, 0.3) is 0 Å². The Morgan fingerprint density at radius 2 is 1.86 bits per heavy atom. The van der Waals surface area contributed by atoms with Crippen LogP contribution in [0.2, 0.25) is 0 Å². The molecule has 1 aliphatic heterocycles. The van der Waals surface area contributed by atoms with Crippen molar-refractivity contribution in [2.24, 2.45) is 5.92 Å². The predicted molar refractivity (Wildman–Crippen MR) is 113 cm³/mol. The maximum atomic E-state index is 12.9. The fourth-order valence-corrected chi connectivity index (χ4v) is 2.97. The summed E-state index contributed by atoms with van der Waals surface area (Å²) in [6.07, 6.45) is 2.13. The molecule has 1 fully saturated rings. The van der Waals surface area contributed by atoms with Gasteiger partial charge >= 0.3 is 12.1 Å². The van der Waals surface area contributed by atoms with Crippen LogP contribution in [0.3, 0.4) is 0 Å². The van der Waals surface area contributed by atoms with Gasteiger partial charge < -0.3 is 19.3 Å². The average Bonchev–Trinajstić information content (AvgIpc) is 3.09. The van der Waals surface area contributed by atoms with E-state index in [1.165, 1.54) is 0 Å². The van der Waals surface area contributed by atoms with Crippen LogP contribution in [-0.4, -0.2) is 59.3 Å². The van der Waals surface area contributed by atoms with Crippen molar-refractivity contribution in [2.45, 2.75) is 72.1 Å². The number of rotatable bonds is 5. The molecule has 29 heavy (non-hydrogen) atoms. The van der Waals surface area contributed by atoms with Gasteiger partial charge in [0.1, 0.15) is 22.6 Å². The molecule has 0 saturated carbocycles. The molecule has 0 N–H and O–H groups in total. The van der Waals surface area contributed by atoms with Crippen molar-refractivity contribution in [3.05, 3.63) is 23.9 Å². The third-order valence-corrected chi connectivity index (χ3v) is 5.45. The van der Waals surface area contributed by atoms with Gasteiger partial charge in [-0.25, -0.2) is 14.6 Å². The average molecular weight is 406 g/mol. The highest BCUT2D eigenvalue weighted by Crippen LogP contribution is 2.27. The van der Waals surface area contributed by atoms with Gasteiger partial charge in [0.05, 0.1) is 0 Å². The Bertz CT molecular complexity index is 740. The number of likely N-dealkylation sites (N-methyl/N-ethyl adjacent to an activating group) is 1. The number of esters is 1. The van der Waals surface area contributed by atoms with Crippen molar-refractivity contribution in [1.82, 2.24) is 9.88 Å². The van der Waals surface area contributed by atoms with E-state index in [-0.39, 0.29) is 24.0 Å². The van der Waals surface area contributed by atoms with E-state index in [0.29, 0.717) is 24.5 Å². The maximum absolute atomic E-state index is 12.9. The first kappa shape index (κ1) is 23.0. The molecule has 1 aliphatic rings. The van der Waals surface area contributed by atoms with Gasteiger partial charge in [-0.05, 0) is 59.1 Å². The van der Waals surface area contributed by atoms with Crippen molar-refractivity contribution in [2.75, 3.05) is 25.0 Å². The monoisotopic (exact) mass is 405 g/mol. The van der Waals surface area contributed by atoms with Crippen LogP contribution in [-0.2, 0) is 9.47 Å². The zero-order chi connectivity index (χ0) is 22.0. The highest BCUT2D eigenvalue weighted by atomic mass is 16.6. The highest BCUT2D eigenvalue weighted by Gasteiger charge is 2.34. The number of likely N-dealkylation sites (tertiary alicyclic amines) is 1. The number of anilines is 1. The van der Waals surface area contributed by atoms with Crippen LogP contribution in [0.15, 0.2) is 18.3 Å². The molecule has 7 heteroatoms. The Kier molecular flexibility index (Phi) is 6.81. The van der Waals surface area contributed by atoms with Crippen LogP contribution < -0.4 is 4.90 Å². The molecule has 0 bridgehead atoms. The lowest BCUT2D eigenvalue weighted by molar-refractivity contribution is -0.0222. The summed E-state index contributed by atoms with van der Waals surface area (Å²) in [5.41, 5.74) is -0.675. The summed E-state index contributed by atoms with van der Waals surface area (Å²) in [6, 6.07) is 3.51. The second-order valence-electron chi connectivity index (χ2n) is 9.50. The number of amides is 1. The van der Waals surface area contributed by atoms with E-state index in [2.05, 4.69) is 4.98 Å². The number of carbonyl (C=O) groups is 2. The molecule has 7 nitrogen and oxygen atoms in total. The van der Waals surface area contributed by atoms with Crippen molar-refractivity contribution >= 4 is 17.9 Å². The van der Waals surface area contributed by atoms with Crippen molar-refractivity contribution < 1.29 is 19.1 Å². The van der Waals surface area contributed by atoms with Gasteiger partial charge in [-0.1, -0.05) is 13.8 Å². The van der Waals surface area contributed by atoms with Gasteiger partial charge in [0.2, 0.25) is 0 Å². The summed E-state index contributed by atoms with van der Waals surface area (Å²) >= 11 is 0. The number of aromatic nitrogens is 1. The van der Waals surface area contributed by atoms with Gasteiger partial charge in [0, 0.05) is 32.4 Å². The minimum absolute atomic E-state index is 0.0436. The topological polar surface area (TPSA) is 72.0 Å². The Morgan fingerprint density at radius 3 is 2.45 bits per heavy atom. The summed E-state index contributed by atoms with van der Waals surface area (Å²) in [5, 5.41) is 0. The number of carbonyl (C=O) groups excluding carboxylic acids is 2. The van der Waals surface area contributed by atoms with E-state index in [1.807, 2.05) is 60.4 Å². The molecule has 1 aromatic rings. The van der Waals surface area contributed by atoms with E-state index in [9.17, 15) is 9.59 Å². The van der Waals surface area contributed by atoms with E-state index < -0.39 is 11.2 Å². The molecule has 1 atom stereocenters. The zero-order valence-electron chi connectivity index (χ0n) is 19.0. The molecular formula is C22H35N3O4. The molecule has 0 aromatic carbocycles. The van der Waals surface area contributed by atoms with Gasteiger partial charge in [0.25, 0.3) is 0 Å². The van der Waals surface area contributed by atoms with Gasteiger partial charge in [-0.3, -0.25) is 0 Å². The number of hydrogen-bond donors (Lipinski definition) is 0. The lowest BCUT2D eigenvalue weighted by atomic mass is 9.94. The minimum Gasteiger partial charge on any atom is -0.456 e. The maximum Gasteiger partial charge on any atom is 0.410 e. The third-order valence-electron chi connectivity index (χ3n) is 5.45. The Morgan fingerprint density at radius 1 is 1.21 bits per heavy atom. The first-order chi connectivity index (χ1) is 13.3. The second kappa shape index (κ2) is 8.59. The molecule has 162 valence electrons. The van der Waals surface area contributed by atoms with Crippen LogP contribution in [0.4, 0.5) is 10.6 Å². The normalized spacial score (nSPS) is 17.4. The fraction of sp³-hybridized carbons (Fsp3) is 0.682. The molecule has 2 rings (SSSR count). The first-order valence-electron chi connectivity index (χ1n) is 10.2. The molecule has 1 saturated heterocycles. The quantitative estimate of drug-likeness (QED) is 0.686. The molecule has 1 unspecified atom stereocenters. The number of ether oxygens (including phenoxy) is 2. The number of nitrogens with zero attached hydrogens (tertiary/aromatic N) is 3. The highest BCUT2D eigenvalue weighted by molar-refractivity contribution is 5.95. The smallest absolute Gasteiger partial charge is 0.410 e.